The van der Waals surface area contributed by atoms with Crippen LogP contribution in [-0.4, -0.2) is 40.0 Å². The van der Waals surface area contributed by atoms with E-state index in [1.165, 1.54) is 12.3 Å². The second kappa shape index (κ2) is 8.48. The first-order chi connectivity index (χ1) is 14.9. The van der Waals surface area contributed by atoms with Crippen LogP contribution in [0, 0.1) is 11.3 Å². The lowest BCUT2D eigenvalue weighted by Crippen LogP contribution is -2.58. The van der Waals surface area contributed by atoms with Gasteiger partial charge in [0, 0.05) is 24.3 Å². The van der Waals surface area contributed by atoms with Crippen LogP contribution in [0.1, 0.15) is 76.8 Å². The lowest BCUT2D eigenvalue weighted by molar-refractivity contribution is 0.0249. The molecule has 0 bridgehead atoms. The van der Waals surface area contributed by atoms with E-state index < -0.39 is 11.6 Å². The van der Waals surface area contributed by atoms with Gasteiger partial charge in [0.25, 0.3) is 0 Å². The number of nitrogens with one attached hydrogen (secondary N) is 1. The minimum absolute atomic E-state index is 0.0490. The van der Waals surface area contributed by atoms with E-state index in [1.54, 1.807) is 0 Å². The Morgan fingerprint density at radius 2 is 2.03 bits per heavy atom. The van der Waals surface area contributed by atoms with Crippen LogP contribution in [0.2, 0.25) is 0 Å². The van der Waals surface area contributed by atoms with Gasteiger partial charge in [0.15, 0.2) is 5.60 Å². The van der Waals surface area contributed by atoms with Crippen molar-refractivity contribution in [2.45, 2.75) is 56.6 Å². The Balaban J connectivity index is 1.77. The summed E-state index contributed by atoms with van der Waals surface area (Å²) in [5.74, 6) is -1.32. The largest absolute Gasteiger partial charge is 0.477 e. The average molecular weight is 419 g/mol. The Morgan fingerprint density at radius 1 is 1.26 bits per heavy atom. The van der Waals surface area contributed by atoms with E-state index >= 15 is 0 Å². The number of nitriles is 1. The Morgan fingerprint density at radius 3 is 2.65 bits per heavy atom. The Kier molecular flexibility index (Phi) is 5.75. The third kappa shape index (κ3) is 3.91. The predicted molar refractivity (Wildman–Crippen MR) is 113 cm³/mol. The number of hydrogen-bond acceptors (Lipinski definition) is 6. The fraction of sp³-hybridized carbons (Fsp3) is 0.417. The molecular weight excluding hydrogens is 394 g/mol. The number of carboxylic acids is 1. The molecule has 2 atom stereocenters. The number of pyridine rings is 1. The zero-order valence-corrected chi connectivity index (χ0v) is 17.4. The smallest absolute Gasteiger partial charge is 0.342 e. The van der Waals surface area contributed by atoms with Gasteiger partial charge >= 0.3 is 5.97 Å². The molecular formula is C24H25N3O4. The molecule has 2 heterocycles. The monoisotopic (exact) mass is 419 g/mol. The maximum Gasteiger partial charge on any atom is 0.342 e. The number of Topliss-reactive ketones (excluding diaryl/α,β-unsaturated/α-hetero) is 1. The highest BCUT2D eigenvalue weighted by Crippen LogP contribution is 2.40. The molecule has 31 heavy (non-hydrogen) atoms. The molecule has 1 aromatic carbocycles. The molecule has 7 heteroatoms. The van der Waals surface area contributed by atoms with Crippen LogP contribution in [0.3, 0.4) is 0 Å². The maximum atomic E-state index is 13.9. The van der Waals surface area contributed by atoms with E-state index in [2.05, 4.69) is 10.3 Å². The molecule has 7 nitrogen and oxygen atoms in total. The number of piperidine rings is 1. The van der Waals surface area contributed by atoms with Crippen LogP contribution in [0.4, 0.5) is 0 Å². The first-order valence-electron chi connectivity index (χ1n) is 10.6. The molecule has 2 aromatic rings. The zero-order valence-electron chi connectivity index (χ0n) is 17.4. The van der Waals surface area contributed by atoms with E-state index in [0.29, 0.717) is 24.3 Å². The molecule has 1 saturated carbocycles. The number of ketones is 1. The van der Waals surface area contributed by atoms with Crippen molar-refractivity contribution in [2.75, 3.05) is 6.54 Å². The summed E-state index contributed by atoms with van der Waals surface area (Å²) in [7, 11) is 0. The first kappa shape index (κ1) is 21.0. The molecule has 1 aliphatic heterocycles. The van der Waals surface area contributed by atoms with Crippen LogP contribution < -0.4 is 10.1 Å². The van der Waals surface area contributed by atoms with Gasteiger partial charge in [0.1, 0.15) is 11.6 Å². The van der Waals surface area contributed by atoms with E-state index in [4.69, 9.17) is 4.74 Å². The van der Waals surface area contributed by atoms with Gasteiger partial charge < -0.3 is 15.2 Å². The molecule has 0 radical (unpaired) electrons. The van der Waals surface area contributed by atoms with E-state index in [1.807, 2.05) is 37.3 Å². The van der Waals surface area contributed by atoms with E-state index in [0.717, 1.165) is 24.8 Å². The molecule has 1 aliphatic carbocycles. The number of ether oxygens (including phenoxy) is 1. The van der Waals surface area contributed by atoms with Crippen LogP contribution in [-0.2, 0) is 0 Å². The van der Waals surface area contributed by atoms with Crippen LogP contribution in [0.5, 0.6) is 5.88 Å². The topological polar surface area (TPSA) is 112 Å². The summed E-state index contributed by atoms with van der Waals surface area (Å²) in [5.41, 5.74) is -0.0120. The van der Waals surface area contributed by atoms with Gasteiger partial charge in [-0.2, -0.15) is 5.26 Å². The third-order valence-corrected chi connectivity index (χ3v) is 6.42. The standard InChI is InChI=1S/C24H25N3O4/c1-15-9-11-24(14-27-15,31-22-20(23(29)30)17(13-25)10-12-26-22)21(28)19-8-3-2-7-18(19)16-5-4-6-16/h2-3,7-8,10,12,15-16,27H,4-6,9,11,14H2,1H3,(H,29,30)/t15-,24-/m1/s1. The number of carbonyl (C=O) groups is 2. The normalized spacial score (nSPS) is 23.4. The van der Waals surface area contributed by atoms with E-state index in [9.17, 15) is 20.0 Å². The average Bonchev–Trinajstić information content (AvgIpc) is 2.74. The number of carbonyl (C=O) groups excluding carboxylic acids is 1. The Hall–Kier alpha value is -3.24. The molecule has 160 valence electrons. The first-order valence-corrected chi connectivity index (χ1v) is 10.6. The van der Waals surface area contributed by atoms with E-state index in [-0.39, 0.29) is 35.4 Å². The van der Waals surface area contributed by atoms with Gasteiger partial charge in [-0.1, -0.05) is 30.7 Å². The molecule has 2 N–H and O–H groups in total. The maximum absolute atomic E-state index is 13.9. The molecule has 1 aromatic heterocycles. The number of hydrogen-bond donors (Lipinski definition) is 2. The van der Waals surface area contributed by atoms with Gasteiger partial charge in [-0.3, -0.25) is 4.79 Å². The molecule has 0 spiro atoms. The van der Waals surface area contributed by atoms with Crippen molar-refractivity contribution in [2.24, 2.45) is 0 Å². The molecule has 0 amide bonds. The van der Waals surface area contributed by atoms with Crippen LogP contribution in [0.15, 0.2) is 36.5 Å². The summed E-state index contributed by atoms with van der Waals surface area (Å²) >= 11 is 0. The van der Waals surface area contributed by atoms with Gasteiger partial charge in [0.2, 0.25) is 11.7 Å². The second-order valence-corrected chi connectivity index (χ2v) is 8.42. The van der Waals surface area contributed by atoms with Gasteiger partial charge in [-0.15, -0.1) is 0 Å². The summed E-state index contributed by atoms with van der Waals surface area (Å²) in [6.45, 7) is 2.28. The predicted octanol–water partition coefficient (Wildman–Crippen LogP) is 3.69. The summed E-state index contributed by atoms with van der Waals surface area (Å²) in [6, 6.07) is 11.0. The minimum atomic E-state index is -1.31. The van der Waals surface area contributed by atoms with Gasteiger partial charge in [-0.05, 0) is 50.2 Å². The van der Waals surface area contributed by atoms with Crippen LogP contribution >= 0.6 is 0 Å². The Bertz CT molecular complexity index is 1050. The highest BCUT2D eigenvalue weighted by atomic mass is 16.5. The fourth-order valence-corrected chi connectivity index (χ4v) is 4.34. The Labute approximate surface area is 181 Å². The highest BCUT2D eigenvalue weighted by Gasteiger charge is 2.46. The zero-order chi connectivity index (χ0) is 22.0. The molecule has 2 aliphatic rings. The number of benzene rings is 1. The van der Waals surface area contributed by atoms with Gasteiger partial charge in [-0.25, -0.2) is 9.78 Å². The summed E-state index contributed by atoms with van der Waals surface area (Å²) in [4.78, 5) is 29.9. The molecule has 2 fully saturated rings. The SMILES string of the molecule is C[C@@H]1CC[C@](Oc2nccc(C#N)c2C(=O)O)(C(=O)c2ccccc2C2CCC2)CN1. The third-order valence-electron chi connectivity index (χ3n) is 6.42. The van der Waals surface area contributed by atoms with Gasteiger partial charge in [0.05, 0.1) is 5.56 Å². The van der Waals surface area contributed by atoms with Crippen molar-refractivity contribution in [3.05, 3.63) is 58.8 Å². The molecule has 0 unspecified atom stereocenters. The highest BCUT2D eigenvalue weighted by molar-refractivity contribution is 6.04. The van der Waals surface area contributed by atoms with Crippen molar-refractivity contribution in [1.29, 1.82) is 5.26 Å². The summed E-state index contributed by atoms with van der Waals surface area (Å²) in [5, 5.41) is 22.3. The summed E-state index contributed by atoms with van der Waals surface area (Å²) < 4.78 is 6.17. The lowest BCUT2D eigenvalue weighted by atomic mass is 9.75. The molecule has 1 saturated heterocycles. The number of nitrogens with zero attached hydrogens (tertiary/aromatic N) is 2. The van der Waals surface area contributed by atoms with Crippen molar-refractivity contribution in [3.63, 3.8) is 0 Å². The number of aromatic nitrogens is 1. The second-order valence-electron chi connectivity index (χ2n) is 8.42. The number of aromatic carboxylic acids is 1. The lowest BCUT2D eigenvalue weighted by Gasteiger charge is -2.39. The van der Waals surface area contributed by atoms with Crippen molar-refractivity contribution < 1.29 is 19.4 Å². The fourth-order valence-electron chi connectivity index (χ4n) is 4.34. The van der Waals surface area contributed by atoms with Crippen molar-refractivity contribution in [1.82, 2.24) is 10.3 Å². The van der Waals surface area contributed by atoms with Crippen molar-refractivity contribution in [3.8, 4) is 11.9 Å². The summed E-state index contributed by atoms with van der Waals surface area (Å²) in [6.07, 6.45) is 5.72. The number of carboxylic acid groups (broad SMARTS) is 1. The van der Waals surface area contributed by atoms with Crippen molar-refractivity contribution >= 4 is 11.8 Å². The minimum Gasteiger partial charge on any atom is -0.477 e. The number of rotatable bonds is 6. The molecule has 4 rings (SSSR count). The van der Waals surface area contributed by atoms with Crippen LogP contribution in [0.25, 0.3) is 0 Å². The quantitative estimate of drug-likeness (QED) is 0.687.